The highest BCUT2D eigenvalue weighted by molar-refractivity contribution is 5.83. The van der Waals surface area contributed by atoms with E-state index in [9.17, 15) is 14.4 Å². The van der Waals surface area contributed by atoms with Gasteiger partial charge in [-0.15, -0.1) is 0 Å². The van der Waals surface area contributed by atoms with Crippen LogP contribution >= 0.6 is 0 Å². The molecule has 0 atom stereocenters. The molecule has 2 amide bonds. The lowest BCUT2D eigenvalue weighted by molar-refractivity contribution is -0.125. The van der Waals surface area contributed by atoms with Crippen molar-refractivity contribution in [1.82, 2.24) is 10.6 Å². The van der Waals surface area contributed by atoms with E-state index in [1.807, 2.05) is 27.7 Å². The maximum Gasteiger partial charge on any atom is 0.239 e. The second-order valence-corrected chi connectivity index (χ2v) is 7.39. The maximum absolute atomic E-state index is 11.5. The van der Waals surface area contributed by atoms with Gasteiger partial charge in [0, 0.05) is 25.3 Å². The van der Waals surface area contributed by atoms with Gasteiger partial charge in [-0.1, -0.05) is 27.7 Å². The summed E-state index contributed by atoms with van der Waals surface area (Å²) in [4.78, 5) is 33.4. The van der Waals surface area contributed by atoms with Crippen LogP contribution in [-0.4, -0.2) is 43.9 Å². The van der Waals surface area contributed by atoms with Crippen LogP contribution in [0.1, 0.15) is 48.0 Å². The molecule has 0 saturated heterocycles. The summed E-state index contributed by atoms with van der Waals surface area (Å²) in [6, 6.07) is 0. The number of ether oxygens (including phenoxy) is 1. The number of ketones is 1. The fraction of sp³-hybridized carbons (Fsp3) is 0.812. The van der Waals surface area contributed by atoms with Crippen molar-refractivity contribution in [3.63, 3.8) is 0 Å². The van der Waals surface area contributed by atoms with Gasteiger partial charge in [0.05, 0.1) is 19.8 Å². The van der Waals surface area contributed by atoms with Crippen LogP contribution in [0.3, 0.4) is 0 Å². The van der Waals surface area contributed by atoms with Crippen LogP contribution < -0.4 is 10.6 Å². The maximum atomic E-state index is 11.5. The van der Waals surface area contributed by atoms with Gasteiger partial charge >= 0.3 is 0 Å². The van der Waals surface area contributed by atoms with Gasteiger partial charge < -0.3 is 20.2 Å². The molecule has 0 rings (SSSR count). The summed E-state index contributed by atoms with van der Waals surface area (Å²) in [5.41, 5.74) is -0.408. The summed E-state index contributed by atoms with van der Waals surface area (Å²) >= 11 is 0. The molecule has 6 nitrogen and oxygen atoms in total. The number of hydrogen-bond donors (Lipinski definition) is 2. The van der Waals surface area contributed by atoms with Crippen molar-refractivity contribution < 1.29 is 19.1 Å². The number of carbonyl (C=O) groups is 3. The molecule has 0 aliphatic rings. The molecule has 0 fully saturated rings. The minimum Gasteiger partial charge on any atom is -0.380 e. The predicted octanol–water partition coefficient (Wildman–Crippen LogP) is 1.29. The molecule has 0 bridgehead atoms. The fourth-order valence-corrected chi connectivity index (χ4v) is 1.98. The number of nitrogens with one attached hydrogen (secondary N) is 2. The van der Waals surface area contributed by atoms with Crippen molar-refractivity contribution in [2.45, 2.75) is 48.0 Å². The van der Waals surface area contributed by atoms with Gasteiger partial charge in [-0.25, -0.2) is 0 Å². The minimum atomic E-state index is -0.231. The summed E-state index contributed by atoms with van der Waals surface area (Å²) in [5.74, 6) is -0.302. The van der Waals surface area contributed by atoms with Crippen molar-refractivity contribution in [2.24, 2.45) is 10.8 Å². The molecule has 6 heteroatoms. The SMILES string of the molecule is CC(=O)CC(C)(C)COCC(C)(C)CNC(=O)CNC(C)=O. The lowest BCUT2D eigenvalue weighted by Gasteiger charge is -2.28. The molecule has 0 aliphatic heterocycles. The van der Waals surface area contributed by atoms with E-state index in [2.05, 4.69) is 10.6 Å². The predicted molar refractivity (Wildman–Crippen MR) is 85.4 cm³/mol. The second-order valence-electron chi connectivity index (χ2n) is 7.39. The van der Waals surface area contributed by atoms with Crippen LogP contribution in [0.4, 0.5) is 0 Å². The summed E-state index contributed by atoms with van der Waals surface area (Å²) in [5, 5.41) is 5.22. The Kier molecular flexibility index (Phi) is 8.30. The van der Waals surface area contributed by atoms with Crippen molar-refractivity contribution in [2.75, 3.05) is 26.3 Å². The molecule has 0 heterocycles. The molecule has 0 unspecified atom stereocenters. The minimum absolute atomic E-state index is 0.0160. The molecule has 0 aromatic carbocycles. The van der Waals surface area contributed by atoms with E-state index in [1.54, 1.807) is 6.92 Å². The van der Waals surface area contributed by atoms with Crippen LogP contribution in [0.2, 0.25) is 0 Å². The number of carbonyl (C=O) groups excluding carboxylic acids is 3. The summed E-state index contributed by atoms with van der Waals surface area (Å²) < 4.78 is 5.72. The highest BCUT2D eigenvalue weighted by Crippen LogP contribution is 2.23. The lowest BCUT2D eigenvalue weighted by Crippen LogP contribution is -2.42. The standard InChI is InChI=1S/C16H30N2O4/c1-12(19)7-15(3,4)10-22-11-16(5,6)9-18-14(21)8-17-13(2)20/h7-11H2,1-6H3,(H,17,20)(H,18,21). The highest BCUT2D eigenvalue weighted by atomic mass is 16.5. The van der Waals surface area contributed by atoms with E-state index >= 15 is 0 Å². The third-order valence-electron chi connectivity index (χ3n) is 2.98. The third-order valence-corrected chi connectivity index (χ3v) is 2.98. The largest absolute Gasteiger partial charge is 0.380 e. The first-order chi connectivity index (χ1) is 9.93. The fourth-order valence-electron chi connectivity index (χ4n) is 1.98. The normalized spacial score (nSPS) is 11.9. The summed E-state index contributed by atoms with van der Waals surface area (Å²) in [7, 11) is 0. The Morgan fingerprint density at radius 3 is 1.95 bits per heavy atom. The molecule has 0 saturated carbocycles. The first kappa shape index (κ1) is 20.6. The van der Waals surface area contributed by atoms with Crippen LogP contribution in [0.15, 0.2) is 0 Å². The molecule has 128 valence electrons. The lowest BCUT2D eigenvalue weighted by atomic mass is 9.88. The Morgan fingerprint density at radius 2 is 1.45 bits per heavy atom. The van der Waals surface area contributed by atoms with Gasteiger partial charge in [-0.2, -0.15) is 0 Å². The van der Waals surface area contributed by atoms with Gasteiger partial charge in [0.2, 0.25) is 11.8 Å². The van der Waals surface area contributed by atoms with E-state index < -0.39 is 0 Å². The number of amides is 2. The zero-order chi connectivity index (χ0) is 17.4. The molecule has 0 aromatic rings. The average Bonchev–Trinajstić information content (AvgIpc) is 2.31. The highest BCUT2D eigenvalue weighted by Gasteiger charge is 2.24. The van der Waals surface area contributed by atoms with E-state index in [0.29, 0.717) is 26.2 Å². The molecule has 0 aliphatic carbocycles. The Morgan fingerprint density at radius 1 is 0.909 bits per heavy atom. The first-order valence-corrected chi connectivity index (χ1v) is 7.52. The smallest absolute Gasteiger partial charge is 0.239 e. The molecule has 2 N–H and O–H groups in total. The van der Waals surface area contributed by atoms with Gasteiger partial charge in [-0.05, 0) is 12.3 Å². The van der Waals surface area contributed by atoms with Crippen molar-refractivity contribution >= 4 is 17.6 Å². The Labute approximate surface area is 133 Å². The number of rotatable bonds is 10. The molecular weight excluding hydrogens is 284 g/mol. The van der Waals surface area contributed by atoms with Crippen LogP contribution in [-0.2, 0) is 19.1 Å². The quantitative estimate of drug-likeness (QED) is 0.636. The van der Waals surface area contributed by atoms with E-state index in [4.69, 9.17) is 4.74 Å². The van der Waals surface area contributed by atoms with Crippen molar-refractivity contribution in [1.29, 1.82) is 0 Å². The molecular formula is C16H30N2O4. The van der Waals surface area contributed by atoms with Gasteiger partial charge in [0.25, 0.3) is 0 Å². The monoisotopic (exact) mass is 314 g/mol. The zero-order valence-electron chi connectivity index (χ0n) is 14.7. The van der Waals surface area contributed by atoms with Gasteiger partial charge in [0.1, 0.15) is 5.78 Å². The first-order valence-electron chi connectivity index (χ1n) is 7.52. The topological polar surface area (TPSA) is 84.5 Å². The van der Waals surface area contributed by atoms with Crippen molar-refractivity contribution in [3.05, 3.63) is 0 Å². The molecule has 22 heavy (non-hydrogen) atoms. The van der Waals surface area contributed by atoms with Crippen LogP contribution in [0.25, 0.3) is 0 Å². The van der Waals surface area contributed by atoms with E-state index in [1.165, 1.54) is 6.92 Å². The van der Waals surface area contributed by atoms with Crippen LogP contribution in [0.5, 0.6) is 0 Å². The molecule has 0 aromatic heterocycles. The number of hydrogen-bond acceptors (Lipinski definition) is 4. The Hall–Kier alpha value is -1.43. The van der Waals surface area contributed by atoms with Gasteiger partial charge in [-0.3, -0.25) is 9.59 Å². The van der Waals surface area contributed by atoms with Crippen molar-refractivity contribution in [3.8, 4) is 0 Å². The van der Waals surface area contributed by atoms with Crippen LogP contribution in [0, 0.1) is 10.8 Å². The zero-order valence-corrected chi connectivity index (χ0v) is 14.7. The summed E-state index contributed by atoms with van der Waals surface area (Å²) in [6.45, 7) is 12.3. The van der Waals surface area contributed by atoms with E-state index in [-0.39, 0.29) is 35.0 Å². The van der Waals surface area contributed by atoms with Gasteiger partial charge in [0.15, 0.2) is 0 Å². The summed E-state index contributed by atoms with van der Waals surface area (Å²) in [6.07, 6.45) is 0.487. The third kappa shape index (κ3) is 11.3. The average molecular weight is 314 g/mol. The Balaban J connectivity index is 4.06. The number of Topliss-reactive ketones (excluding diaryl/α,β-unsaturated/α-hetero) is 1. The van der Waals surface area contributed by atoms with E-state index in [0.717, 1.165) is 0 Å². The Bertz CT molecular complexity index is 403. The second kappa shape index (κ2) is 8.88. The molecule has 0 spiro atoms. The molecule has 0 radical (unpaired) electrons.